The Balaban J connectivity index is 3.00. The molecule has 4 nitrogen and oxygen atoms in total. The number of rotatable bonds is 4. The lowest BCUT2D eigenvalue weighted by molar-refractivity contribution is 0.278. The molecule has 0 amide bonds. The fraction of sp³-hybridized carbons (Fsp3) is 0.400. The summed E-state index contributed by atoms with van der Waals surface area (Å²) >= 11 is 0. The van der Waals surface area contributed by atoms with E-state index in [2.05, 4.69) is 0 Å². The van der Waals surface area contributed by atoms with Crippen molar-refractivity contribution in [1.82, 2.24) is 0 Å². The molecule has 0 spiro atoms. The molecule has 6 heteroatoms. The lowest BCUT2D eigenvalue weighted by Gasteiger charge is -2.20. The van der Waals surface area contributed by atoms with Crippen molar-refractivity contribution in [1.29, 1.82) is 0 Å². The van der Waals surface area contributed by atoms with Crippen molar-refractivity contribution < 1.29 is 17.9 Å². The highest BCUT2D eigenvalue weighted by Gasteiger charge is 2.28. The lowest BCUT2D eigenvalue weighted by atomic mass is 10.0. The maximum Gasteiger partial charge on any atom is 0.154 e. The van der Waals surface area contributed by atoms with E-state index >= 15 is 0 Å². The molecule has 0 unspecified atom stereocenters. The van der Waals surface area contributed by atoms with Gasteiger partial charge in [-0.15, -0.1) is 0 Å². The van der Waals surface area contributed by atoms with E-state index in [1.54, 1.807) is 0 Å². The fourth-order valence-electron chi connectivity index (χ4n) is 1.41. The quantitative estimate of drug-likeness (QED) is 0.798. The van der Waals surface area contributed by atoms with E-state index in [1.165, 1.54) is 24.3 Å². The van der Waals surface area contributed by atoms with Gasteiger partial charge < -0.3 is 10.8 Å². The first kappa shape index (κ1) is 13.1. The molecule has 0 aliphatic carbocycles. The molecule has 0 saturated heterocycles. The molecule has 16 heavy (non-hydrogen) atoms. The number of hydrogen-bond donors (Lipinski definition) is 2. The van der Waals surface area contributed by atoms with Crippen LogP contribution in [0.1, 0.15) is 11.6 Å². The minimum Gasteiger partial charge on any atom is -0.395 e. The summed E-state index contributed by atoms with van der Waals surface area (Å²) in [5.74, 6) is -0.421. The first-order valence-corrected chi connectivity index (χ1v) is 6.62. The van der Waals surface area contributed by atoms with Gasteiger partial charge >= 0.3 is 0 Å². The maximum atomic E-state index is 12.7. The molecule has 1 aromatic carbocycles. The number of aliphatic hydroxyl groups is 1. The van der Waals surface area contributed by atoms with Crippen LogP contribution in [0.2, 0.25) is 0 Å². The Morgan fingerprint density at radius 2 is 1.88 bits per heavy atom. The molecule has 2 atom stereocenters. The summed E-state index contributed by atoms with van der Waals surface area (Å²) in [5.41, 5.74) is 6.20. The second-order valence-corrected chi connectivity index (χ2v) is 5.89. The van der Waals surface area contributed by atoms with E-state index in [0.717, 1.165) is 6.26 Å². The molecule has 0 bridgehead atoms. The highest BCUT2D eigenvalue weighted by atomic mass is 32.2. The molecular weight excluding hydrogens is 233 g/mol. The summed E-state index contributed by atoms with van der Waals surface area (Å²) in [4.78, 5) is 0. The van der Waals surface area contributed by atoms with Crippen LogP contribution in [0.3, 0.4) is 0 Å². The zero-order valence-corrected chi connectivity index (χ0v) is 9.61. The van der Waals surface area contributed by atoms with Crippen molar-refractivity contribution in [2.75, 3.05) is 12.9 Å². The van der Waals surface area contributed by atoms with Gasteiger partial charge in [0, 0.05) is 12.3 Å². The Hall–Kier alpha value is -0.980. The van der Waals surface area contributed by atoms with Crippen LogP contribution in [0.4, 0.5) is 4.39 Å². The van der Waals surface area contributed by atoms with Crippen LogP contribution in [-0.2, 0) is 9.84 Å². The van der Waals surface area contributed by atoms with E-state index in [1.807, 2.05) is 0 Å². The van der Waals surface area contributed by atoms with Crippen LogP contribution in [-0.4, -0.2) is 31.6 Å². The van der Waals surface area contributed by atoms with Gasteiger partial charge in [0.05, 0.1) is 6.61 Å². The number of benzene rings is 1. The Kier molecular flexibility index (Phi) is 4.01. The predicted molar refractivity (Wildman–Crippen MR) is 59.0 cm³/mol. The molecule has 0 fully saturated rings. The zero-order chi connectivity index (χ0) is 12.3. The highest BCUT2D eigenvalue weighted by molar-refractivity contribution is 7.91. The third-order valence-corrected chi connectivity index (χ3v) is 3.93. The summed E-state index contributed by atoms with van der Waals surface area (Å²) in [6.07, 6.45) is 1.01. The molecule has 3 N–H and O–H groups in total. The van der Waals surface area contributed by atoms with E-state index in [-0.39, 0.29) is 0 Å². The average molecular weight is 247 g/mol. The first-order chi connectivity index (χ1) is 7.36. The van der Waals surface area contributed by atoms with Gasteiger partial charge in [-0.1, -0.05) is 12.1 Å². The summed E-state index contributed by atoms with van der Waals surface area (Å²) in [5, 5.41) is 7.94. The van der Waals surface area contributed by atoms with Crippen molar-refractivity contribution in [2.45, 2.75) is 11.3 Å². The maximum absolute atomic E-state index is 12.7. The van der Waals surface area contributed by atoms with E-state index < -0.39 is 33.6 Å². The van der Waals surface area contributed by atoms with Crippen LogP contribution in [0.15, 0.2) is 24.3 Å². The van der Waals surface area contributed by atoms with Crippen molar-refractivity contribution in [3.05, 3.63) is 35.6 Å². The largest absolute Gasteiger partial charge is 0.395 e. The number of nitrogens with two attached hydrogens (primary N) is 1. The Morgan fingerprint density at radius 3 is 2.25 bits per heavy atom. The second-order valence-electron chi connectivity index (χ2n) is 3.63. The molecule has 0 aromatic heterocycles. The van der Waals surface area contributed by atoms with Crippen molar-refractivity contribution in [3.63, 3.8) is 0 Å². The summed E-state index contributed by atoms with van der Waals surface area (Å²) in [7, 11) is -3.44. The minimum atomic E-state index is -3.44. The fourth-order valence-corrected chi connectivity index (χ4v) is 2.38. The van der Waals surface area contributed by atoms with Gasteiger partial charge in [-0.25, -0.2) is 12.8 Å². The minimum absolute atomic E-state index is 0.421. The molecule has 0 aliphatic rings. The zero-order valence-electron chi connectivity index (χ0n) is 8.80. The second kappa shape index (κ2) is 4.90. The van der Waals surface area contributed by atoms with Gasteiger partial charge in [0.1, 0.15) is 11.1 Å². The third-order valence-electron chi connectivity index (χ3n) is 2.39. The number of halogens is 1. The summed E-state index contributed by atoms with van der Waals surface area (Å²) in [6, 6.07) is 4.36. The van der Waals surface area contributed by atoms with Gasteiger partial charge in [-0.2, -0.15) is 0 Å². The monoisotopic (exact) mass is 247 g/mol. The molecule has 90 valence electrons. The van der Waals surface area contributed by atoms with Crippen molar-refractivity contribution in [2.24, 2.45) is 5.73 Å². The van der Waals surface area contributed by atoms with Gasteiger partial charge in [0.25, 0.3) is 0 Å². The number of hydrogen-bond acceptors (Lipinski definition) is 4. The molecule has 0 saturated carbocycles. The molecule has 0 radical (unpaired) electrons. The van der Waals surface area contributed by atoms with Crippen LogP contribution >= 0.6 is 0 Å². The standard InChI is InChI=1S/C10H14FNO3S/c1-16(14,15)9(6-13)10(12)7-2-4-8(11)5-3-7/h2-5,9-10,13H,6,12H2,1H3/t9-,10-/m1/s1. The first-order valence-electron chi connectivity index (χ1n) is 4.67. The third kappa shape index (κ3) is 3.01. The number of aliphatic hydroxyl groups excluding tert-OH is 1. The average Bonchev–Trinajstić information content (AvgIpc) is 2.17. The van der Waals surface area contributed by atoms with Gasteiger partial charge in [0.15, 0.2) is 9.84 Å². The predicted octanol–water partition coefficient (Wildman–Crippen LogP) is 0.231. The van der Waals surface area contributed by atoms with E-state index in [9.17, 15) is 12.8 Å². The molecule has 1 rings (SSSR count). The van der Waals surface area contributed by atoms with E-state index in [4.69, 9.17) is 10.8 Å². The molecule has 0 heterocycles. The highest BCUT2D eigenvalue weighted by Crippen LogP contribution is 2.19. The van der Waals surface area contributed by atoms with Crippen LogP contribution < -0.4 is 5.73 Å². The Labute approximate surface area is 93.8 Å². The number of sulfone groups is 1. The van der Waals surface area contributed by atoms with Crippen LogP contribution in [0.25, 0.3) is 0 Å². The topological polar surface area (TPSA) is 80.4 Å². The Morgan fingerprint density at radius 1 is 1.38 bits per heavy atom. The van der Waals surface area contributed by atoms with Crippen LogP contribution in [0.5, 0.6) is 0 Å². The van der Waals surface area contributed by atoms with Crippen LogP contribution in [0, 0.1) is 5.82 Å². The van der Waals surface area contributed by atoms with E-state index in [0.29, 0.717) is 5.56 Å². The van der Waals surface area contributed by atoms with Gasteiger partial charge in [-0.05, 0) is 17.7 Å². The summed E-state index contributed by atoms with van der Waals surface area (Å²) < 4.78 is 35.3. The molecule has 1 aromatic rings. The van der Waals surface area contributed by atoms with Gasteiger partial charge in [-0.3, -0.25) is 0 Å². The lowest BCUT2D eigenvalue weighted by Crippen LogP contribution is -2.36. The van der Waals surface area contributed by atoms with Crippen molar-refractivity contribution >= 4 is 9.84 Å². The van der Waals surface area contributed by atoms with Crippen molar-refractivity contribution in [3.8, 4) is 0 Å². The molecule has 0 aliphatic heterocycles. The smallest absolute Gasteiger partial charge is 0.154 e. The molecular formula is C10H14FNO3S. The Bertz CT molecular complexity index is 444. The summed E-state index contributed by atoms with van der Waals surface area (Å²) in [6.45, 7) is -0.558. The van der Waals surface area contributed by atoms with Gasteiger partial charge in [0.2, 0.25) is 0 Å². The normalized spacial score (nSPS) is 15.8. The SMILES string of the molecule is CS(=O)(=O)[C@H](CO)[C@H](N)c1ccc(F)cc1.